The summed E-state index contributed by atoms with van der Waals surface area (Å²) in [7, 11) is 1.59. The number of amides is 1. The Morgan fingerprint density at radius 2 is 1.60 bits per heavy atom. The fourth-order valence-corrected chi connectivity index (χ4v) is 4.41. The average Bonchev–Trinajstić information content (AvgIpc) is 3.46. The molecule has 8 heteroatoms. The second kappa shape index (κ2) is 12.3. The zero-order chi connectivity index (χ0) is 27.9. The summed E-state index contributed by atoms with van der Waals surface area (Å²) in [6.45, 7) is -0.360. The van der Waals surface area contributed by atoms with Crippen molar-refractivity contribution in [1.29, 1.82) is 0 Å². The van der Waals surface area contributed by atoms with Gasteiger partial charge in [-0.15, -0.1) is 0 Å². The summed E-state index contributed by atoms with van der Waals surface area (Å²) in [5.41, 5.74) is 3.49. The van der Waals surface area contributed by atoms with Crippen LogP contribution in [0.25, 0.3) is 0 Å². The zero-order valence-electron chi connectivity index (χ0n) is 21.8. The summed E-state index contributed by atoms with van der Waals surface area (Å²) in [4.78, 5) is 26.3. The van der Waals surface area contributed by atoms with Gasteiger partial charge < -0.3 is 14.2 Å². The molecule has 0 spiro atoms. The number of hydrogen-bond donors (Lipinski definition) is 0. The molecule has 1 unspecified atom stereocenters. The lowest BCUT2D eigenvalue weighted by atomic mass is 9.98. The highest BCUT2D eigenvalue weighted by Crippen LogP contribution is 2.33. The minimum atomic E-state index is -0.699. The van der Waals surface area contributed by atoms with Crippen molar-refractivity contribution >= 4 is 17.6 Å². The lowest BCUT2D eigenvalue weighted by Crippen LogP contribution is -2.31. The molecule has 0 saturated carbocycles. The standard InChI is InChI=1S/C32H27FN2O5/c1-38-26-17-13-24(14-18-26)29-19-28(23-7-3-2-4-8-23)34-35(29)31(36)21-40-32(37)27-9-5-6-10-30(27)39-20-22-11-15-25(33)16-12-22/h2-18,29H,19-21H2,1H3. The van der Waals surface area contributed by atoms with Gasteiger partial charge in [-0.25, -0.2) is 14.2 Å². The number of halogens is 1. The van der Waals surface area contributed by atoms with Crippen molar-refractivity contribution in [1.82, 2.24) is 5.01 Å². The summed E-state index contributed by atoms with van der Waals surface area (Å²) >= 11 is 0. The van der Waals surface area contributed by atoms with E-state index in [2.05, 4.69) is 5.10 Å². The molecule has 0 aromatic heterocycles. The third-order valence-corrected chi connectivity index (χ3v) is 6.51. The molecule has 1 amide bonds. The lowest BCUT2D eigenvalue weighted by Gasteiger charge is -2.22. The normalized spacial score (nSPS) is 14.4. The Kier molecular flexibility index (Phi) is 8.15. The first-order chi connectivity index (χ1) is 19.5. The van der Waals surface area contributed by atoms with E-state index in [0.29, 0.717) is 17.9 Å². The SMILES string of the molecule is COc1ccc(C2CC(c3ccccc3)=NN2C(=O)COC(=O)c2ccccc2OCc2ccc(F)cc2)cc1. The van der Waals surface area contributed by atoms with E-state index in [0.717, 1.165) is 22.4 Å². The quantitative estimate of drug-likeness (QED) is 0.246. The number of ether oxygens (including phenoxy) is 3. The molecule has 1 heterocycles. The predicted octanol–water partition coefficient (Wildman–Crippen LogP) is 5.95. The van der Waals surface area contributed by atoms with Crippen molar-refractivity contribution < 1.29 is 28.2 Å². The van der Waals surface area contributed by atoms with Crippen LogP contribution in [-0.4, -0.2) is 36.3 Å². The van der Waals surface area contributed by atoms with Crippen molar-refractivity contribution in [3.8, 4) is 11.5 Å². The molecular weight excluding hydrogens is 511 g/mol. The maximum atomic E-state index is 13.3. The van der Waals surface area contributed by atoms with Gasteiger partial charge in [-0.05, 0) is 53.1 Å². The van der Waals surface area contributed by atoms with Crippen LogP contribution >= 0.6 is 0 Å². The van der Waals surface area contributed by atoms with Gasteiger partial charge in [0.25, 0.3) is 5.91 Å². The Bertz CT molecular complexity index is 1500. The van der Waals surface area contributed by atoms with Gasteiger partial charge in [-0.1, -0.05) is 66.7 Å². The first-order valence-electron chi connectivity index (χ1n) is 12.7. The largest absolute Gasteiger partial charge is 0.497 e. The van der Waals surface area contributed by atoms with E-state index in [9.17, 15) is 14.0 Å². The van der Waals surface area contributed by atoms with E-state index in [1.807, 2.05) is 54.6 Å². The molecule has 0 N–H and O–H groups in total. The molecule has 0 saturated heterocycles. The van der Waals surface area contributed by atoms with Crippen molar-refractivity contribution in [2.75, 3.05) is 13.7 Å². The van der Waals surface area contributed by atoms with Crippen LogP contribution < -0.4 is 9.47 Å². The second-order valence-electron chi connectivity index (χ2n) is 9.13. The summed E-state index contributed by atoms with van der Waals surface area (Å²) in [5.74, 6) is -0.491. The number of hydrazone groups is 1. The van der Waals surface area contributed by atoms with Crippen molar-refractivity contribution in [3.63, 3.8) is 0 Å². The average molecular weight is 539 g/mol. The molecular formula is C32H27FN2O5. The van der Waals surface area contributed by atoms with Gasteiger partial charge in [0, 0.05) is 6.42 Å². The number of benzene rings is 4. The van der Waals surface area contributed by atoms with E-state index >= 15 is 0 Å². The molecule has 7 nitrogen and oxygen atoms in total. The maximum Gasteiger partial charge on any atom is 0.342 e. The second-order valence-corrected chi connectivity index (χ2v) is 9.13. The van der Waals surface area contributed by atoms with E-state index in [1.165, 1.54) is 17.1 Å². The van der Waals surface area contributed by atoms with Gasteiger partial charge in [0.15, 0.2) is 6.61 Å². The molecule has 202 valence electrons. The number of carbonyl (C=O) groups is 2. The Morgan fingerprint density at radius 1 is 0.900 bits per heavy atom. The maximum absolute atomic E-state index is 13.3. The van der Waals surface area contributed by atoms with Gasteiger partial charge in [-0.2, -0.15) is 5.10 Å². The minimum Gasteiger partial charge on any atom is -0.497 e. The number of methoxy groups -OCH3 is 1. The van der Waals surface area contributed by atoms with Gasteiger partial charge in [0.05, 0.1) is 18.9 Å². The fraction of sp³-hybridized carbons (Fsp3) is 0.156. The number of rotatable bonds is 9. The van der Waals surface area contributed by atoms with Crippen molar-refractivity contribution in [3.05, 3.63) is 131 Å². The molecule has 0 bridgehead atoms. The number of carbonyl (C=O) groups excluding carboxylic acids is 2. The fourth-order valence-electron chi connectivity index (χ4n) is 4.41. The van der Waals surface area contributed by atoms with Crippen LogP contribution in [0.3, 0.4) is 0 Å². The first kappa shape index (κ1) is 26.6. The Labute approximate surface area is 231 Å². The molecule has 5 rings (SSSR count). The Balaban J connectivity index is 1.29. The molecule has 4 aromatic carbocycles. The van der Waals surface area contributed by atoms with Crippen LogP contribution in [0.4, 0.5) is 4.39 Å². The van der Waals surface area contributed by atoms with Crippen LogP contribution in [0.5, 0.6) is 11.5 Å². The Morgan fingerprint density at radius 3 is 2.33 bits per heavy atom. The highest BCUT2D eigenvalue weighted by atomic mass is 19.1. The number of para-hydroxylation sites is 1. The molecule has 0 radical (unpaired) electrons. The van der Waals surface area contributed by atoms with Gasteiger partial charge in [0.2, 0.25) is 0 Å². The van der Waals surface area contributed by atoms with Crippen molar-refractivity contribution in [2.45, 2.75) is 19.1 Å². The Hall–Kier alpha value is -4.98. The molecule has 1 aliphatic rings. The van der Waals surface area contributed by atoms with E-state index < -0.39 is 18.5 Å². The van der Waals surface area contributed by atoms with E-state index in [4.69, 9.17) is 14.2 Å². The van der Waals surface area contributed by atoms with E-state index in [1.54, 1.807) is 43.5 Å². The highest BCUT2D eigenvalue weighted by molar-refractivity contribution is 6.03. The molecule has 4 aromatic rings. The molecule has 1 atom stereocenters. The van der Waals surface area contributed by atoms with Crippen LogP contribution in [-0.2, 0) is 16.1 Å². The summed E-state index contributed by atoms with van der Waals surface area (Å²) < 4.78 is 29.7. The third-order valence-electron chi connectivity index (χ3n) is 6.51. The van der Waals surface area contributed by atoms with Crippen LogP contribution in [0.15, 0.2) is 108 Å². The summed E-state index contributed by atoms with van der Waals surface area (Å²) in [6, 6.07) is 29.3. The van der Waals surface area contributed by atoms with Crippen LogP contribution in [0, 0.1) is 5.82 Å². The number of hydrogen-bond acceptors (Lipinski definition) is 6. The topological polar surface area (TPSA) is 77.4 Å². The predicted molar refractivity (Wildman–Crippen MR) is 148 cm³/mol. The van der Waals surface area contributed by atoms with Gasteiger partial charge in [0.1, 0.15) is 29.5 Å². The van der Waals surface area contributed by atoms with Crippen molar-refractivity contribution in [2.24, 2.45) is 5.10 Å². The number of nitrogens with zero attached hydrogens (tertiary/aromatic N) is 2. The van der Waals surface area contributed by atoms with Gasteiger partial charge in [-0.3, -0.25) is 4.79 Å². The zero-order valence-corrected chi connectivity index (χ0v) is 21.8. The minimum absolute atomic E-state index is 0.137. The third kappa shape index (κ3) is 6.18. The van der Waals surface area contributed by atoms with Crippen LogP contribution in [0.1, 0.15) is 39.5 Å². The van der Waals surface area contributed by atoms with Gasteiger partial charge >= 0.3 is 5.97 Å². The lowest BCUT2D eigenvalue weighted by molar-refractivity contribution is -0.136. The molecule has 0 aliphatic carbocycles. The molecule has 0 fully saturated rings. The highest BCUT2D eigenvalue weighted by Gasteiger charge is 2.33. The molecule has 40 heavy (non-hydrogen) atoms. The first-order valence-corrected chi connectivity index (χ1v) is 12.7. The number of esters is 1. The monoisotopic (exact) mass is 538 g/mol. The smallest absolute Gasteiger partial charge is 0.342 e. The summed E-state index contributed by atoms with van der Waals surface area (Å²) in [5, 5.41) is 6.01. The van der Waals surface area contributed by atoms with Crippen LogP contribution in [0.2, 0.25) is 0 Å². The molecule has 1 aliphatic heterocycles. The summed E-state index contributed by atoms with van der Waals surface area (Å²) in [6.07, 6.45) is 0.510. The van der Waals surface area contributed by atoms with E-state index in [-0.39, 0.29) is 24.0 Å².